The molecular formula is C11H8BrClO. The maximum Gasteiger partial charge on any atom is 0.119 e. The van der Waals surface area contributed by atoms with E-state index in [-0.39, 0.29) is 0 Å². The van der Waals surface area contributed by atoms with Crippen LogP contribution in [0.15, 0.2) is 34.8 Å². The van der Waals surface area contributed by atoms with Crippen molar-refractivity contribution in [2.45, 2.75) is 0 Å². The molecule has 0 N–H and O–H groups in total. The molecular weight excluding hydrogens is 263 g/mol. The second-order valence-corrected chi connectivity index (χ2v) is 4.30. The van der Waals surface area contributed by atoms with Crippen molar-refractivity contribution in [2.24, 2.45) is 0 Å². The summed E-state index contributed by atoms with van der Waals surface area (Å²) in [6.45, 7) is 0. The van der Waals surface area contributed by atoms with Gasteiger partial charge in [0.05, 0.1) is 7.11 Å². The lowest BCUT2D eigenvalue weighted by Gasteiger charge is -2.04. The van der Waals surface area contributed by atoms with Crippen molar-refractivity contribution in [3.05, 3.63) is 39.8 Å². The van der Waals surface area contributed by atoms with Crippen LogP contribution in [0.2, 0.25) is 5.02 Å². The quantitative estimate of drug-likeness (QED) is 0.753. The number of halogens is 2. The van der Waals surface area contributed by atoms with Gasteiger partial charge in [-0.1, -0.05) is 33.6 Å². The van der Waals surface area contributed by atoms with Crippen molar-refractivity contribution in [3.63, 3.8) is 0 Å². The van der Waals surface area contributed by atoms with E-state index in [1.54, 1.807) is 7.11 Å². The first kappa shape index (κ1) is 9.81. The summed E-state index contributed by atoms with van der Waals surface area (Å²) in [5.74, 6) is 0.821. The number of fused-ring (bicyclic) bond motifs is 1. The van der Waals surface area contributed by atoms with Gasteiger partial charge in [-0.05, 0) is 29.7 Å². The molecule has 14 heavy (non-hydrogen) atoms. The van der Waals surface area contributed by atoms with Crippen LogP contribution in [0.4, 0.5) is 0 Å². The Hall–Kier alpha value is -0.730. The number of ether oxygens (including phenoxy) is 1. The average molecular weight is 272 g/mol. The van der Waals surface area contributed by atoms with Gasteiger partial charge in [0.2, 0.25) is 0 Å². The van der Waals surface area contributed by atoms with Crippen molar-refractivity contribution in [3.8, 4) is 5.75 Å². The molecule has 2 rings (SSSR count). The highest BCUT2D eigenvalue weighted by molar-refractivity contribution is 9.10. The summed E-state index contributed by atoms with van der Waals surface area (Å²) < 4.78 is 6.12. The summed E-state index contributed by atoms with van der Waals surface area (Å²) in [6, 6.07) is 9.75. The normalized spacial score (nSPS) is 10.5. The zero-order chi connectivity index (χ0) is 10.1. The van der Waals surface area contributed by atoms with E-state index in [4.69, 9.17) is 16.3 Å². The van der Waals surface area contributed by atoms with Gasteiger partial charge >= 0.3 is 0 Å². The Morgan fingerprint density at radius 1 is 1.21 bits per heavy atom. The summed E-state index contributed by atoms with van der Waals surface area (Å²) in [4.78, 5) is 0. The van der Waals surface area contributed by atoms with Crippen molar-refractivity contribution in [1.82, 2.24) is 0 Å². The molecule has 0 saturated carbocycles. The van der Waals surface area contributed by atoms with E-state index in [0.29, 0.717) is 0 Å². The van der Waals surface area contributed by atoms with Gasteiger partial charge in [-0.15, -0.1) is 0 Å². The Labute approximate surface area is 95.8 Å². The van der Waals surface area contributed by atoms with E-state index in [1.807, 2.05) is 30.3 Å². The predicted molar refractivity (Wildman–Crippen MR) is 63.2 cm³/mol. The van der Waals surface area contributed by atoms with Crippen LogP contribution in [-0.2, 0) is 0 Å². The third kappa shape index (κ3) is 1.72. The Morgan fingerprint density at radius 2 is 2.00 bits per heavy atom. The first-order valence-electron chi connectivity index (χ1n) is 4.13. The molecule has 0 fully saturated rings. The number of hydrogen-bond donors (Lipinski definition) is 0. The topological polar surface area (TPSA) is 9.23 Å². The molecule has 3 heteroatoms. The molecule has 2 aromatic carbocycles. The highest BCUT2D eigenvalue weighted by atomic mass is 79.9. The number of rotatable bonds is 1. The number of methoxy groups -OCH3 is 1. The lowest BCUT2D eigenvalue weighted by atomic mass is 10.1. The van der Waals surface area contributed by atoms with Gasteiger partial charge in [0.15, 0.2) is 0 Å². The van der Waals surface area contributed by atoms with Crippen LogP contribution >= 0.6 is 27.5 Å². The molecule has 0 saturated heterocycles. The summed E-state index contributed by atoms with van der Waals surface area (Å²) in [5, 5.41) is 2.84. The Bertz CT molecular complexity index is 482. The second-order valence-electron chi connectivity index (χ2n) is 2.97. The smallest absolute Gasteiger partial charge is 0.119 e. The van der Waals surface area contributed by atoms with E-state index in [9.17, 15) is 0 Å². The minimum atomic E-state index is 0.730. The summed E-state index contributed by atoms with van der Waals surface area (Å²) >= 11 is 9.51. The molecule has 0 aliphatic carbocycles. The van der Waals surface area contributed by atoms with Gasteiger partial charge < -0.3 is 4.74 Å². The van der Waals surface area contributed by atoms with Crippen LogP contribution in [0.3, 0.4) is 0 Å². The van der Waals surface area contributed by atoms with Gasteiger partial charge in [-0.3, -0.25) is 0 Å². The van der Waals surface area contributed by atoms with Crippen LogP contribution in [0.25, 0.3) is 10.8 Å². The molecule has 0 unspecified atom stereocenters. The third-order valence-corrected chi connectivity index (χ3v) is 2.85. The van der Waals surface area contributed by atoms with Crippen molar-refractivity contribution >= 4 is 38.3 Å². The van der Waals surface area contributed by atoms with E-state index in [1.165, 1.54) is 0 Å². The molecule has 0 spiro atoms. The van der Waals surface area contributed by atoms with Gasteiger partial charge in [0.25, 0.3) is 0 Å². The van der Waals surface area contributed by atoms with Crippen molar-refractivity contribution < 1.29 is 4.74 Å². The van der Waals surface area contributed by atoms with Gasteiger partial charge in [0.1, 0.15) is 5.75 Å². The lowest BCUT2D eigenvalue weighted by molar-refractivity contribution is 0.415. The van der Waals surface area contributed by atoms with E-state index in [0.717, 1.165) is 26.0 Å². The number of hydrogen-bond acceptors (Lipinski definition) is 1. The average Bonchev–Trinajstić information content (AvgIpc) is 2.17. The Balaban J connectivity index is 2.75. The fourth-order valence-electron chi connectivity index (χ4n) is 1.38. The maximum absolute atomic E-state index is 6.11. The first-order chi connectivity index (χ1) is 6.70. The molecule has 72 valence electrons. The third-order valence-electron chi connectivity index (χ3n) is 2.08. The highest BCUT2D eigenvalue weighted by Gasteiger charge is 2.02. The van der Waals surface area contributed by atoms with Crippen molar-refractivity contribution in [2.75, 3.05) is 7.11 Å². The summed E-state index contributed by atoms with van der Waals surface area (Å²) in [5.41, 5.74) is 0. The summed E-state index contributed by atoms with van der Waals surface area (Å²) in [7, 11) is 1.65. The molecule has 0 heterocycles. The molecule has 0 aromatic heterocycles. The van der Waals surface area contributed by atoms with Gasteiger partial charge in [-0.25, -0.2) is 0 Å². The molecule has 0 atom stereocenters. The van der Waals surface area contributed by atoms with Gasteiger partial charge in [0, 0.05) is 14.9 Å². The van der Waals surface area contributed by atoms with Crippen LogP contribution in [0, 0.1) is 0 Å². The molecule has 0 amide bonds. The monoisotopic (exact) mass is 270 g/mol. The first-order valence-corrected chi connectivity index (χ1v) is 5.30. The molecule has 0 radical (unpaired) electrons. The van der Waals surface area contributed by atoms with E-state index < -0.39 is 0 Å². The lowest BCUT2D eigenvalue weighted by Crippen LogP contribution is -1.82. The standard InChI is InChI=1S/C11H8BrClO/c1-14-9-3-2-7-4-8(12)5-11(13)10(7)6-9/h2-6H,1H3. The minimum Gasteiger partial charge on any atom is -0.497 e. The molecule has 0 aliphatic rings. The Kier molecular flexibility index (Phi) is 2.66. The highest BCUT2D eigenvalue weighted by Crippen LogP contribution is 2.30. The predicted octanol–water partition coefficient (Wildman–Crippen LogP) is 4.26. The van der Waals surface area contributed by atoms with E-state index in [2.05, 4.69) is 15.9 Å². The zero-order valence-corrected chi connectivity index (χ0v) is 9.89. The summed E-state index contributed by atoms with van der Waals surface area (Å²) in [6.07, 6.45) is 0. The number of benzene rings is 2. The second kappa shape index (κ2) is 3.79. The van der Waals surface area contributed by atoms with Crippen molar-refractivity contribution in [1.29, 1.82) is 0 Å². The zero-order valence-electron chi connectivity index (χ0n) is 7.55. The van der Waals surface area contributed by atoms with Crippen LogP contribution in [-0.4, -0.2) is 7.11 Å². The molecule has 0 aliphatic heterocycles. The van der Waals surface area contributed by atoms with Crippen LogP contribution in [0.1, 0.15) is 0 Å². The maximum atomic E-state index is 6.11. The fourth-order valence-corrected chi connectivity index (χ4v) is 2.27. The fraction of sp³-hybridized carbons (Fsp3) is 0.0909. The minimum absolute atomic E-state index is 0.730. The largest absolute Gasteiger partial charge is 0.497 e. The van der Waals surface area contributed by atoms with Crippen LogP contribution in [0.5, 0.6) is 5.75 Å². The van der Waals surface area contributed by atoms with Crippen LogP contribution < -0.4 is 4.74 Å². The molecule has 2 aromatic rings. The molecule has 0 bridgehead atoms. The Morgan fingerprint density at radius 3 is 2.71 bits per heavy atom. The van der Waals surface area contributed by atoms with Gasteiger partial charge in [-0.2, -0.15) is 0 Å². The SMILES string of the molecule is COc1ccc2cc(Br)cc(Cl)c2c1. The molecule has 1 nitrogen and oxygen atoms in total. The van der Waals surface area contributed by atoms with E-state index >= 15 is 0 Å².